The maximum absolute atomic E-state index is 12.3. The number of benzene rings is 1. The van der Waals surface area contributed by atoms with Gasteiger partial charge in [0.1, 0.15) is 10.8 Å². The number of nitrogens with zero attached hydrogens (tertiary/aromatic N) is 3. The monoisotopic (exact) mass is 306 g/mol. The quantitative estimate of drug-likeness (QED) is 0.921. The lowest BCUT2D eigenvalue weighted by molar-refractivity contribution is 0.257. The van der Waals surface area contributed by atoms with Crippen LogP contribution in [0.3, 0.4) is 0 Å². The first-order chi connectivity index (χ1) is 10.2. The molecule has 1 aromatic heterocycles. The maximum Gasteiger partial charge on any atom is 0.328 e. The highest BCUT2D eigenvalue weighted by Gasteiger charge is 2.16. The number of rotatable bonds is 5. The van der Waals surface area contributed by atoms with Crippen LogP contribution in [0.1, 0.15) is 18.9 Å². The summed E-state index contributed by atoms with van der Waals surface area (Å²) in [4.78, 5) is 13.8. The molecule has 2 aromatic rings. The number of anilines is 2. The number of amides is 2. The molecule has 0 saturated heterocycles. The van der Waals surface area contributed by atoms with Gasteiger partial charge in [-0.25, -0.2) is 4.79 Å². The molecule has 1 heterocycles. The minimum Gasteiger partial charge on any atom is -0.492 e. The van der Waals surface area contributed by atoms with Crippen LogP contribution in [0.15, 0.2) is 24.3 Å². The van der Waals surface area contributed by atoms with Crippen LogP contribution in [0.25, 0.3) is 0 Å². The molecule has 0 unspecified atom stereocenters. The van der Waals surface area contributed by atoms with Gasteiger partial charge in [0.15, 0.2) is 0 Å². The summed E-state index contributed by atoms with van der Waals surface area (Å²) in [5, 5.41) is 12.0. The van der Waals surface area contributed by atoms with Crippen LogP contribution in [-0.4, -0.2) is 29.9 Å². The molecular weight excluding hydrogens is 288 g/mol. The van der Waals surface area contributed by atoms with Gasteiger partial charge in [0, 0.05) is 7.05 Å². The number of para-hydroxylation sites is 2. The molecule has 0 aliphatic heterocycles. The lowest BCUT2D eigenvalue weighted by Crippen LogP contribution is -2.31. The Hall–Kier alpha value is -2.15. The zero-order valence-electron chi connectivity index (χ0n) is 12.3. The first-order valence-electron chi connectivity index (χ1n) is 6.74. The third kappa shape index (κ3) is 3.69. The van der Waals surface area contributed by atoms with Gasteiger partial charge in [0.2, 0.25) is 5.13 Å². The minimum atomic E-state index is -0.277. The van der Waals surface area contributed by atoms with E-state index in [1.54, 1.807) is 7.05 Å². The van der Waals surface area contributed by atoms with E-state index in [0.717, 1.165) is 11.4 Å². The maximum atomic E-state index is 12.3. The number of carbonyl (C=O) groups excluding carboxylic acids is 1. The molecule has 6 nitrogen and oxygen atoms in total. The number of aromatic nitrogens is 2. The molecule has 0 aliphatic rings. The Labute approximate surface area is 127 Å². The molecule has 0 aliphatic carbocycles. The number of carbonyl (C=O) groups is 1. The average Bonchev–Trinajstić information content (AvgIpc) is 2.95. The van der Waals surface area contributed by atoms with E-state index in [-0.39, 0.29) is 6.03 Å². The molecule has 0 atom stereocenters. The van der Waals surface area contributed by atoms with E-state index in [1.165, 1.54) is 16.2 Å². The normalized spacial score (nSPS) is 10.2. The second-order valence-corrected chi connectivity index (χ2v) is 5.31. The summed E-state index contributed by atoms with van der Waals surface area (Å²) in [5.41, 5.74) is 0.706. The van der Waals surface area contributed by atoms with Gasteiger partial charge in [-0.2, -0.15) is 0 Å². The number of aryl methyl sites for hydroxylation is 1. The van der Waals surface area contributed by atoms with E-state index in [1.807, 2.05) is 38.1 Å². The van der Waals surface area contributed by atoms with E-state index < -0.39 is 0 Å². The summed E-state index contributed by atoms with van der Waals surface area (Å²) in [6, 6.07) is 7.13. The van der Waals surface area contributed by atoms with Crippen molar-refractivity contribution in [3.63, 3.8) is 0 Å². The summed E-state index contributed by atoms with van der Waals surface area (Å²) < 4.78 is 5.53. The van der Waals surface area contributed by atoms with Gasteiger partial charge in [-0.15, -0.1) is 10.2 Å². The minimum absolute atomic E-state index is 0.277. The van der Waals surface area contributed by atoms with Crippen molar-refractivity contribution < 1.29 is 9.53 Å². The van der Waals surface area contributed by atoms with Gasteiger partial charge in [-0.1, -0.05) is 30.4 Å². The van der Waals surface area contributed by atoms with Crippen LogP contribution in [0.4, 0.5) is 15.6 Å². The van der Waals surface area contributed by atoms with Crippen LogP contribution in [0, 0.1) is 0 Å². The van der Waals surface area contributed by atoms with E-state index in [9.17, 15) is 4.79 Å². The largest absolute Gasteiger partial charge is 0.492 e. The Morgan fingerprint density at radius 3 is 2.76 bits per heavy atom. The van der Waals surface area contributed by atoms with Crippen LogP contribution in [-0.2, 0) is 6.42 Å². The molecule has 2 rings (SSSR count). The van der Waals surface area contributed by atoms with Gasteiger partial charge in [-0.3, -0.25) is 10.2 Å². The second-order valence-electron chi connectivity index (χ2n) is 4.24. The van der Waals surface area contributed by atoms with Crippen molar-refractivity contribution in [1.29, 1.82) is 0 Å². The Balaban J connectivity index is 2.11. The standard InChI is InChI=1S/C14H18N4O2S/c1-4-12-16-17-13(21-12)15-14(19)18(3)10-8-6-7-9-11(10)20-5-2/h6-9H,4-5H2,1-3H3,(H,15,17,19). The Morgan fingerprint density at radius 1 is 1.33 bits per heavy atom. The van der Waals surface area contributed by atoms with Crippen molar-refractivity contribution >= 4 is 28.2 Å². The topological polar surface area (TPSA) is 67.3 Å². The Bertz CT molecular complexity index is 615. The fourth-order valence-electron chi connectivity index (χ4n) is 1.74. The van der Waals surface area contributed by atoms with Crippen molar-refractivity contribution in [3.05, 3.63) is 29.3 Å². The van der Waals surface area contributed by atoms with Gasteiger partial charge in [-0.05, 0) is 25.5 Å². The lowest BCUT2D eigenvalue weighted by atomic mass is 10.3. The first-order valence-corrected chi connectivity index (χ1v) is 7.56. The molecule has 1 N–H and O–H groups in total. The SMILES string of the molecule is CCOc1ccccc1N(C)C(=O)Nc1nnc(CC)s1. The van der Waals surface area contributed by atoms with E-state index in [4.69, 9.17) is 4.74 Å². The summed E-state index contributed by atoms with van der Waals surface area (Å²) in [7, 11) is 1.69. The van der Waals surface area contributed by atoms with Crippen molar-refractivity contribution in [3.8, 4) is 5.75 Å². The van der Waals surface area contributed by atoms with Crippen LogP contribution >= 0.6 is 11.3 Å². The van der Waals surface area contributed by atoms with E-state index in [0.29, 0.717) is 23.2 Å². The fraction of sp³-hybridized carbons (Fsp3) is 0.357. The molecule has 2 amide bonds. The van der Waals surface area contributed by atoms with Crippen LogP contribution in [0.2, 0.25) is 0 Å². The number of hydrogen-bond donors (Lipinski definition) is 1. The van der Waals surface area contributed by atoms with Gasteiger partial charge in [0.05, 0.1) is 12.3 Å². The Kier molecular flexibility index (Phi) is 5.10. The molecular formula is C14H18N4O2S. The van der Waals surface area contributed by atoms with Crippen molar-refractivity contribution in [2.24, 2.45) is 0 Å². The Morgan fingerprint density at radius 2 is 2.10 bits per heavy atom. The smallest absolute Gasteiger partial charge is 0.328 e. The van der Waals surface area contributed by atoms with E-state index in [2.05, 4.69) is 15.5 Å². The van der Waals surface area contributed by atoms with Crippen LogP contribution in [0.5, 0.6) is 5.75 Å². The molecule has 112 valence electrons. The average molecular weight is 306 g/mol. The zero-order chi connectivity index (χ0) is 15.2. The molecule has 0 radical (unpaired) electrons. The van der Waals surface area contributed by atoms with Crippen molar-refractivity contribution in [2.75, 3.05) is 23.9 Å². The highest BCUT2D eigenvalue weighted by Crippen LogP contribution is 2.27. The zero-order valence-corrected chi connectivity index (χ0v) is 13.1. The molecule has 0 saturated carbocycles. The molecule has 0 fully saturated rings. The molecule has 0 bridgehead atoms. The first kappa shape index (κ1) is 15.2. The summed E-state index contributed by atoms with van der Waals surface area (Å²) in [6.07, 6.45) is 0.802. The van der Waals surface area contributed by atoms with Gasteiger partial charge >= 0.3 is 6.03 Å². The predicted molar refractivity (Wildman–Crippen MR) is 84.3 cm³/mol. The van der Waals surface area contributed by atoms with Crippen molar-refractivity contribution in [2.45, 2.75) is 20.3 Å². The lowest BCUT2D eigenvalue weighted by Gasteiger charge is -2.20. The number of ether oxygens (including phenoxy) is 1. The molecule has 21 heavy (non-hydrogen) atoms. The van der Waals surface area contributed by atoms with Gasteiger partial charge in [0.25, 0.3) is 0 Å². The number of urea groups is 1. The van der Waals surface area contributed by atoms with E-state index >= 15 is 0 Å². The van der Waals surface area contributed by atoms with Crippen LogP contribution < -0.4 is 15.0 Å². The molecule has 7 heteroatoms. The molecule has 0 spiro atoms. The van der Waals surface area contributed by atoms with Gasteiger partial charge < -0.3 is 4.74 Å². The third-order valence-electron chi connectivity index (χ3n) is 2.81. The fourth-order valence-corrected chi connectivity index (χ4v) is 2.41. The number of nitrogens with one attached hydrogen (secondary N) is 1. The third-order valence-corrected chi connectivity index (χ3v) is 3.80. The summed E-state index contributed by atoms with van der Waals surface area (Å²) in [5.74, 6) is 0.671. The highest BCUT2D eigenvalue weighted by atomic mass is 32.1. The number of hydrogen-bond acceptors (Lipinski definition) is 5. The summed E-state index contributed by atoms with van der Waals surface area (Å²) >= 11 is 1.38. The molecule has 1 aromatic carbocycles. The predicted octanol–water partition coefficient (Wildman–Crippen LogP) is 3.17. The summed E-state index contributed by atoms with van der Waals surface area (Å²) in [6.45, 7) is 4.45. The second kappa shape index (κ2) is 7.03. The highest BCUT2D eigenvalue weighted by molar-refractivity contribution is 7.15. The van der Waals surface area contributed by atoms with Crippen molar-refractivity contribution in [1.82, 2.24) is 10.2 Å².